The van der Waals surface area contributed by atoms with Gasteiger partial charge < -0.3 is 15.2 Å². The zero-order valence-electron chi connectivity index (χ0n) is 18.1. The van der Waals surface area contributed by atoms with Crippen molar-refractivity contribution in [1.82, 2.24) is 10.3 Å². The van der Waals surface area contributed by atoms with E-state index < -0.39 is 0 Å². The molecular formula is C27H29N3O. The molecule has 0 saturated carbocycles. The Hall–Kier alpha value is -3.53. The van der Waals surface area contributed by atoms with Crippen molar-refractivity contribution in [3.05, 3.63) is 102 Å². The first-order valence-electron chi connectivity index (χ1n) is 10.8. The van der Waals surface area contributed by atoms with Gasteiger partial charge in [0.15, 0.2) is 0 Å². The number of anilines is 1. The molecule has 0 unspecified atom stereocenters. The maximum atomic E-state index is 12.6. The number of carbonyl (C=O) groups excluding carboxylic acids is 1. The summed E-state index contributed by atoms with van der Waals surface area (Å²) in [6, 6.07) is 27.1. The summed E-state index contributed by atoms with van der Waals surface area (Å²) in [4.78, 5) is 18.1. The second-order valence-electron chi connectivity index (χ2n) is 8.12. The van der Waals surface area contributed by atoms with Gasteiger partial charge in [0, 0.05) is 55.8 Å². The van der Waals surface area contributed by atoms with Gasteiger partial charge in [0.2, 0.25) is 5.91 Å². The van der Waals surface area contributed by atoms with E-state index in [1.54, 1.807) is 0 Å². The molecular weight excluding hydrogens is 382 g/mol. The molecule has 0 spiro atoms. The Morgan fingerprint density at radius 2 is 1.65 bits per heavy atom. The molecule has 0 saturated heterocycles. The van der Waals surface area contributed by atoms with Gasteiger partial charge in [-0.3, -0.25) is 4.79 Å². The molecule has 0 aliphatic heterocycles. The number of hydrogen-bond donors (Lipinski definition) is 2. The summed E-state index contributed by atoms with van der Waals surface area (Å²) in [6.45, 7) is 0.566. The van der Waals surface area contributed by atoms with Crippen molar-refractivity contribution in [2.24, 2.45) is 0 Å². The average molecular weight is 412 g/mol. The normalized spacial score (nSPS) is 11.9. The summed E-state index contributed by atoms with van der Waals surface area (Å²) in [5.41, 5.74) is 5.86. The van der Waals surface area contributed by atoms with E-state index in [2.05, 4.69) is 76.0 Å². The minimum atomic E-state index is 0.0769. The van der Waals surface area contributed by atoms with Crippen molar-refractivity contribution in [1.29, 1.82) is 0 Å². The molecule has 31 heavy (non-hydrogen) atoms. The summed E-state index contributed by atoms with van der Waals surface area (Å²) < 4.78 is 0. The molecule has 0 radical (unpaired) electrons. The van der Waals surface area contributed by atoms with Crippen LogP contribution in [0.15, 0.2) is 85.1 Å². The lowest BCUT2D eigenvalue weighted by Gasteiger charge is -2.20. The topological polar surface area (TPSA) is 48.1 Å². The number of para-hydroxylation sites is 1. The number of fused-ring (bicyclic) bond motifs is 1. The van der Waals surface area contributed by atoms with E-state index in [9.17, 15) is 4.79 Å². The fraction of sp³-hybridized carbons (Fsp3) is 0.222. The smallest absolute Gasteiger partial charge is 0.220 e. The van der Waals surface area contributed by atoms with Crippen molar-refractivity contribution in [3.8, 4) is 0 Å². The van der Waals surface area contributed by atoms with E-state index in [1.807, 2.05) is 38.4 Å². The number of aromatic nitrogens is 1. The Morgan fingerprint density at radius 3 is 2.39 bits per heavy atom. The predicted octanol–water partition coefficient (Wildman–Crippen LogP) is 5.11. The molecule has 4 heteroatoms. The number of hydrogen-bond acceptors (Lipinski definition) is 2. The van der Waals surface area contributed by atoms with Crippen molar-refractivity contribution in [2.45, 2.75) is 18.8 Å². The molecule has 0 bridgehead atoms. The minimum absolute atomic E-state index is 0.0769. The van der Waals surface area contributed by atoms with E-state index in [4.69, 9.17) is 0 Å². The van der Waals surface area contributed by atoms with Gasteiger partial charge in [-0.1, -0.05) is 60.7 Å². The van der Waals surface area contributed by atoms with Gasteiger partial charge in [0.05, 0.1) is 0 Å². The molecule has 2 N–H and O–H groups in total. The van der Waals surface area contributed by atoms with Gasteiger partial charge in [-0.2, -0.15) is 0 Å². The number of nitrogens with zero attached hydrogens (tertiary/aromatic N) is 1. The Bertz CT molecular complexity index is 1130. The molecule has 158 valence electrons. The third-order valence-electron chi connectivity index (χ3n) is 5.80. The van der Waals surface area contributed by atoms with E-state index in [1.165, 1.54) is 22.1 Å². The van der Waals surface area contributed by atoms with Gasteiger partial charge in [0.1, 0.15) is 0 Å². The lowest BCUT2D eigenvalue weighted by atomic mass is 9.90. The third kappa shape index (κ3) is 4.97. The maximum absolute atomic E-state index is 12.6. The van der Waals surface area contributed by atoms with Crippen LogP contribution in [0.5, 0.6) is 0 Å². The summed E-state index contributed by atoms with van der Waals surface area (Å²) in [7, 11) is 4.08. The number of benzene rings is 3. The van der Waals surface area contributed by atoms with Crippen LogP contribution in [0.1, 0.15) is 29.0 Å². The van der Waals surface area contributed by atoms with Crippen molar-refractivity contribution in [2.75, 3.05) is 25.5 Å². The minimum Gasteiger partial charge on any atom is -0.378 e. The lowest BCUT2D eigenvalue weighted by Crippen LogP contribution is -2.29. The number of H-pyrrole nitrogens is 1. The van der Waals surface area contributed by atoms with Crippen LogP contribution < -0.4 is 10.2 Å². The Labute approximate surface area is 183 Å². The van der Waals surface area contributed by atoms with Crippen LogP contribution in [0.25, 0.3) is 10.9 Å². The number of carbonyl (C=O) groups is 1. The first-order chi connectivity index (χ1) is 15.1. The molecule has 0 fully saturated rings. The van der Waals surface area contributed by atoms with Crippen molar-refractivity contribution >= 4 is 22.5 Å². The van der Waals surface area contributed by atoms with Gasteiger partial charge in [-0.15, -0.1) is 0 Å². The summed E-state index contributed by atoms with van der Waals surface area (Å²) in [5.74, 6) is 0.159. The molecule has 0 aliphatic rings. The van der Waals surface area contributed by atoms with Crippen LogP contribution in [-0.2, 0) is 11.2 Å². The number of rotatable bonds is 8. The van der Waals surface area contributed by atoms with Gasteiger partial charge in [-0.25, -0.2) is 0 Å². The zero-order chi connectivity index (χ0) is 21.6. The SMILES string of the molecule is CN(C)c1ccc([C@@H](CNC(=O)CCc2ccccc2)c2c[nH]c3ccccc23)cc1. The van der Waals surface area contributed by atoms with Gasteiger partial charge in [-0.05, 0) is 41.3 Å². The predicted molar refractivity (Wildman–Crippen MR) is 129 cm³/mol. The molecule has 0 aliphatic carbocycles. The Morgan fingerprint density at radius 1 is 0.935 bits per heavy atom. The maximum Gasteiger partial charge on any atom is 0.220 e. The highest BCUT2D eigenvalue weighted by atomic mass is 16.1. The fourth-order valence-electron chi connectivity index (χ4n) is 4.00. The fourth-order valence-corrected chi connectivity index (χ4v) is 4.00. The highest BCUT2D eigenvalue weighted by molar-refractivity contribution is 5.84. The average Bonchev–Trinajstić information content (AvgIpc) is 3.23. The molecule has 4 nitrogen and oxygen atoms in total. The van der Waals surface area contributed by atoms with Crippen molar-refractivity contribution in [3.63, 3.8) is 0 Å². The summed E-state index contributed by atoms with van der Waals surface area (Å²) in [5, 5.41) is 4.38. The monoisotopic (exact) mass is 411 g/mol. The molecule has 1 aromatic heterocycles. The molecule has 4 rings (SSSR count). The van der Waals surface area contributed by atoms with Gasteiger partial charge in [0.25, 0.3) is 0 Å². The number of amides is 1. The number of aryl methyl sites for hydroxylation is 1. The van der Waals surface area contributed by atoms with Crippen LogP contribution in [0.2, 0.25) is 0 Å². The van der Waals surface area contributed by atoms with Crippen LogP contribution in [0.3, 0.4) is 0 Å². The van der Waals surface area contributed by atoms with E-state index in [-0.39, 0.29) is 11.8 Å². The van der Waals surface area contributed by atoms with Crippen LogP contribution >= 0.6 is 0 Å². The second-order valence-corrected chi connectivity index (χ2v) is 8.12. The summed E-state index contributed by atoms with van der Waals surface area (Å²) in [6.07, 6.45) is 3.32. The lowest BCUT2D eigenvalue weighted by molar-refractivity contribution is -0.121. The quantitative estimate of drug-likeness (QED) is 0.423. The molecule has 1 atom stereocenters. The highest BCUT2D eigenvalue weighted by Gasteiger charge is 2.19. The third-order valence-corrected chi connectivity index (χ3v) is 5.80. The van der Waals surface area contributed by atoms with E-state index >= 15 is 0 Å². The Balaban J connectivity index is 1.53. The number of aromatic amines is 1. The standard InChI is InChI=1S/C27H29N3O/c1-30(2)22-15-13-21(14-16-22)24(25-19-28-26-11-7-6-10-23(25)26)18-29-27(31)17-12-20-8-4-3-5-9-20/h3-11,13-16,19,24,28H,12,17-18H2,1-2H3,(H,29,31)/t24-/m1/s1. The van der Waals surface area contributed by atoms with Crippen molar-refractivity contribution < 1.29 is 4.79 Å². The second kappa shape index (κ2) is 9.52. The van der Waals surface area contributed by atoms with Gasteiger partial charge >= 0.3 is 0 Å². The van der Waals surface area contributed by atoms with Crippen LogP contribution in [-0.4, -0.2) is 31.5 Å². The number of nitrogens with one attached hydrogen (secondary N) is 2. The van der Waals surface area contributed by atoms with E-state index in [0.29, 0.717) is 13.0 Å². The van der Waals surface area contributed by atoms with E-state index in [0.717, 1.165) is 17.6 Å². The highest BCUT2D eigenvalue weighted by Crippen LogP contribution is 2.31. The molecule has 1 heterocycles. The Kier molecular flexibility index (Phi) is 6.37. The van der Waals surface area contributed by atoms with Crippen LogP contribution in [0.4, 0.5) is 5.69 Å². The zero-order valence-corrected chi connectivity index (χ0v) is 18.1. The first kappa shape index (κ1) is 20.7. The largest absolute Gasteiger partial charge is 0.378 e. The molecule has 3 aromatic carbocycles. The first-order valence-corrected chi connectivity index (χ1v) is 10.8. The molecule has 1 amide bonds. The summed E-state index contributed by atoms with van der Waals surface area (Å²) >= 11 is 0. The van der Waals surface area contributed by atoms with Crippen LogP contribution in [0, 0.1) is 0 Å². The molecule has 4 aromatic rings.